The number of fused-ring (bicyclic) bond motifs is 2. The highest BCUT2D eigenvalue weighted by atomic mass is 19.1. The van der Waals surface area contributed by atoms with Crippen molar-refractivity contribution in [3.05, 3.63) is 99.9 Å². The van der Waals surface area contributed by atoms with E-state index in [0.717, 1.165) is 12.8 Å². The highest BCUT2D eigenvalue weighted by Crippen LogP contribution is 2.47. The molecule has 2 N–H and O–H groups in total. The molecule has 1 fully saturated rings. The number of H-pyrrole nitrogens is 2. The summed E-state index contributed by atoms with van der Waals surface area (Å²) in [6.07, 6.45) is 2.06. The highest BCUT2D eigenvalue weighted by Gasteiger charge is 2.45. The summed E-state index contributed by atoms with van der Waals surface area (Å²) >= 11 is 0. The largest absolute Gasteiger partial charge is 0.457 e. The molecule has 8 nitrogen and oxygen atoms in total. The normalized spacial score (nSPS) is 16.9. The van der Waals surface area contributed by atoms with Crippen LogP contribution < -0.4 is 10.5 Å². The van der Waals surface area contributed by atoms with Gasteiger partial charge >= 0.3 is 5.76 Å². The van der Waals surface area contributed by atoms with E-state index in [0.29, 0.717) is 63.1 Å². The van der Waals surface area contributed by atoms with E-state index in [9.17, 15) is 9.59 Å². The Morgan fingerprint density at radius 3 is 2.68 bits per heavy atom. The minimum atomic E-state index is -0.725. The first-order chi connectivity index (χ1) is 18.1. The Kier molecular flexibility index (Phi) is 4.78. The second kappa shape index (κ2) is 8.19. The summed E-state index contributed by atoms with van der Waals surface area (Å²) in [4.78, 5) is 29.8. The van der Waals surface area contributed by atoms with Crippen LogP contribution in [0.5, 0.6) is 11.5 Å². The fraction of sp³-hybridized carbons (Fsp3) is 0.179. The molecule has 3 aromatic carbocycles. The van der Waals surface area contributed by atoms with Gasteiger partial charge in [0.05, 0.1) is 11.6 Å². The van der Waals surface area contributed by atoms with Gasteiger partial charge in [0.25, 0.3) is 5.91 Å². The summed E-state index contributed by atoms with van der Waals surface area (Å²) in [6.45, 7) is 0.512. The van der Waals surface area contributed by atoms with Crippen molar-refractivity contribution in [3.63, 3.8) is 0 Å². The molecule has 9 heteroatoms. The summed E-state index contributed by atoms with van der Waals surface area (Å²) in [7, 11) is 0. The van der Waals surface area contributed by atoms with Gasteiger partial charge in [-0.15, -0.1) is 0 Å². The zero-order valence-electron chi connectivity index (χ0n) is 19.5. The molecular weight excluding hydrogens is 475 g/mol. The number of carbonyl (C=O) groups is 1. The number of halogens is 1. The molecule has 1 aliphatic carbocycles. The Balaban J connectivity index is 1.39. The number of nitrogens with zero attached hydrogens (tertiary/aromatic N) is 2. The van der Waals surface area contributed by atoms with E-state index in [4.69, 9.17) is 9.15 Å². The van der Waals surface area contributed by atoms with Crippen LogP contribution in [0.15, 0.2) is 75.9 Å². The van der Waals surface area contributed by atoms with Crippen LogP contribution in [0.25, 0.3) is 22.4 Å². The lowest BCUT2D eigenvalue weighted by molar-refractivity contribution is 0.0733. The van der Waals surface area contributed by atoms with E-state index in [-0.39, 0.29) is 5.91 Å². The number of ether oxygens (including phenoxy) is 1. The molecule has 0 bridgehead atoms. The molecule has 1 aliphatic heterocycles. The van der Waals surface area contributed by atoms with Crippen molar-refractivity contribution in [3.8, 4) is 22.8 Å². The number of para-hydroxylation sites is 2. The van der Waals surface area contributed by atoms with Crippen LogP contribution in [0.1, 0.15) is 40.5 Å². The van der Waals surface area contributed by atoms with Crippen molar-refractivity contribution in [1.29, 1.82) is 0 Å². The van der Waals surface area contributed by atoms with Crippen LogP contribution in [0.2, 0.25) is 0 Å². The van der Waals surface area contributed by atoms with Crippen molar-refractivity contribution in [2.45, 2.75) is 18.9 Å². The van der Waals surface area contributed by atoms with Crippen LogP contribution in [0.4, 0.5) is 4.39 Å². The zero-order chi connectivity index (χ0) is 25.1. The van der Waals surface area contributed by atoms with Gasteiger partial charge < -0.3 is 14.1 Å². The third-order valence-electron chi connectivity index (χ3n) is 6.96. The van der Waals surface area contributed by atoms with Gasteiger partial charge in [0.2, 0.25) is 0 Å². The molecule has 37 heavy (non-hydrogen) atoms. The quantitative estimate of drug-likeness (QED) is 0.328. The Morgan fingerprint density at radius 2 is 1.86 bits per heavy atom. The molecule has 5 aromatic rings. The van der Waals surface area contributed by atoms with E-state index in [2.05, 4.69) is 15.2 Å². The van der Waals surface area contributed by atoms with Gasteiger partial charge in [-0.05, 0) is 61.2 Å². The molecule has 184 valence electrons. The molecule has 2 aliphatic rings. The fourth-order valence-corrected chi connectivity index (χ4v) is 5.07. The molecule has 3 heterocycles. The molecule has 1 saturated carbocycles. The first-order valence-corrected chi connectivity index (χ1v) is 12.1. The Bertz CT molecular complexity index is 1720. The molecule has 2 aromatic heterocycles. The summed E-state index contributed by atoms with van der Waals surface area (Å²) in [6, 6.07) is 18.4. The molecule has 1 unspecified atom stereocenters. The maximum absolute atomic E-state index is 15.5. The second-order valence-electron chi connectivity index (χ2n) is 9.46. The lowest BCUT2D eigenvalue weighted by atomic mass is 9.95. The SMILES string of the molecule is O=C1c2[nH]nc(-c3cccc4[nH]c(=O)oc34)c2C(c2cc(Oc3ccccc3)ccc2F)N1CC1CC1. The second-order valence-corrected chi connectivity index (χ2v) is 9.46. The average Bonchev–Trinajstić information content (AvgIpc) is 3.38. The fourth-order valence-electron chi connectivity index (χ4n) is 5.07. The van der Waals surface area contributed by atoms with Crippen LogP contribution in [0.3, 0.4) is 0 Å². The van der Waals surface area contributed by atoms with Crippen molar-refractivity contribution in [2.24, 2.45) is 5.92 Å². The number of carbonyl (C=O) groups excluding carboxylic acids is 1. The number of amides is 1. The Labute approximate surface area is 209 Å². The van der Waals surface area contributed by atoms with E-state index in [1.54, 1.807) is 35.2 Å². The molecule has 0 radical (unpaired) electrons. The monoisotopic (exact) mass is 496 g/mol. The summed E-state index contributed by atoms with van der Waals surface area (Å²) in [5, 5.41) is 7.32. The predicted molar refractivity (Wildman–Crippen MR) is 133 cm³/mol. The first kappa shape index (κ1) is 21.6. The lowest BCUT2D eigenvalue weighted by Gasteiger charge is -2.27. The number of nitrogens with one attached hydrogen (secondary N) is 2. The Hall–Kier alpha value is -4.66. The van der Waals surface area contributed by atoms with Gasteiger partial charge in [0.1, 0.15) is 28.7 Å². The standard InChI is InChI=1S/C28H21FN4O4/c29-20-12-11-17(36-16-5-2-1-3-6-16)13-19(20)25-22-23(18-7-4-8-21-26(18)37-28(35)30-21)31-32-24(22)27(34)33(25)14-15-9-10-15/h1-8,11-13,15,25H,9-10,14H2,(H,30,35)(H,31,32). The number of aromatic amines is 2. The number of oxazole rings is 1. The Morgan fingerprint density at radius 1 is 1.03 bits per heavy atom. The first-order valence-electron chi connectivity index (χ1n) is 12.1. The molecular formula is C28H21FN4O4. The maximum atomic E-state index is 15.5. The van der Waals surface area contributed by atoms with Crippen molar-refractivity contribution >= 4 is 17.0 Å². The third kappa shape index (κ3) is 3.62. The van der Waals surface area contributed by atoms with Crippen molar-refractivity contribution in [2.75, 3.05) is 6.54 Å². The predicted octanol–water partition coefficient (Wildman–Crippen LogP) is 5.40. The zero-order valence-corrected chi connectivity index (χ0v) is 19.5. The summed E-state index contributed by atoms with van der Waals surface area (Å²) in [5.74, 6) is 0.182. The third-order valence-corrected chi connectivity index (χ3v) is 6.96. The summed E-state index contributed by atoms with van der Waals surface area (Å²) in [5.41, 5.74) is 2.99. The van der Waals surface area contributed by atoms with Crippen molar-refractivity contribution in [1.82, 2.24) is 20.1 Å². The average molecular weight is 496 g/mol. The topological polar surface area (TPSA) is 104 Å². The van der Waals surface area contributed by atoms with E-state index in [1.807, 2.05) is 30.3 Å². The molecule has 1 amide bonds. The van der Waals surface area contributed by atoms with Crippen LogP contribution in [-0.2, 0) is 0 Å². The van der Waals surface area contributed by atoms with E-state index >= 15 is 4.39 Å². The van der Waals surface area contributed by atoms with Crippen molar-refractivity contribution < 1.29 is 18.3 Å². The number of aromatic nitrogens is 3. The highest BCUT2D eigenvalue weighted by molar-refractivity contribution is 6.02. The summed E-state index contributed by atoms with van der Waals surface area (Å²) < 4.78 is 26.9. The maximum Gasteiger partial charge on any atom is 0.417 e. The van der Waals surface area contributed by atoms with Gasteiger partial charge in [-0.1, -0.05) is 24.3 Å². The van der Waals surface area contributed by atoms with Gasteiger partial charge in [0, 0.05) is 23.2 Å². The number of rotatable bonds is 6. The molecule has 7 rings (SSSR count). The van der Waals surface area contributed by atoms with Crippen LogP contribution >= 0.6 is 0 Å². The molecule has 1 atom stereocenters. The number of benzene rings is 3. The van der Waals surface area contributed by atoms with Gasteiger partial charge in [-0.2, -0.15) is 5.10 Å². The van der Waals surface area contributed by atoms with E-state index in [1.165, 1.54) is 6.07 Å². The smallest absolute Gasteiger partial charge is 0.417 e. The van der Waals surface area contributed by atoms with Gasteiger partial charge in [-0.25, -0.2) is 9.18 Å². The minimum Gasteiger partial charge on any atom is -0.457 e. The molecule has 0 saturated heterocycles. The minimum absolute atomic E-state index is 0.234. The van der Waals surface area contributed by atoms with E-state index < -0.39 is 17.6 Å². The lowest BCUT2D eigenvalue weighted by Crippen LogP contribution is -2.32. The number of hydrogen-bond acceptors (Lipinski definition) is 5. The van der Waals surface area contributed by atoms with Gasteiger partial charge in [-0.3, -0.25) is 14.9 Å². The molecule has 0 spiro atoms. The number of hydrogen-bond donors (Lipinski definition) is 2. The van der Waals surface area contributed by atoms with Gasteiger partial charge in [0.15, 0.2) is 5.58 Å². The van der Waals surface area contributed by atoms with Crippen LogP contribution in [0, 0.1) is 11.7 Å². The van der Waals surface area contributed by atoms with Crippen LogP contribution in [-0.4, -0.2) is 32.5 Å².